The molecule has 0 N–H and O–H groups in total. The van der Waals surface area contributed by atoms with Gasteiger partial charge in [0, 0.05) is 18.1 Å². The van der Waals surface area contributed by atoms with E-state index in [4.69, 9.17) is 14.2 Å². The van der Waals surface area contributed by atoms with Crippen LogP contribution in [0.4, 0.5) is 13.2 Å². The minimum atomic E-state index is -1.06. The van der Waals surface area contributed by atoms with Crippen molar-refractivity contribution in [2.24, 2.45) is 0 Å². The second kappa shape index (κ2) is 9.43. The first-order valence-electron chi connectivity index (χ1n) is 9.68. The maximum atomic E-state index is 14.7. The second-order valence-corrected chi connectivity index (χ2v) is 6.82. The van der Waals surface area contributed by atoms with Crippen molar-refractivity contribution in [2.75, 3.05) is 19.8 Å². The summed E-state index contributed by atoms with van der Waals surface area (Å²) in [5, 5.41) is 0. The van der Waals surface area contributed by atoms with Gasteiger partial charge < -0.3 is 14.2 Å². The van der Waals surface area contributed by atoms with Crippen molar-refractivity contribution >= 4 is 0 Å². The molecule has 1 saturated heterocycles. The van der Waals surface area contributed by atoms with Crippen LogP contribution >= 0.6 is 0 Å². The Morgan fingerprint density at radius 3 is 2.50 bits per heavy atom. The van der Waals surface area contributed by atoms with E-state index in [1.807, 2.05) is 13.8 Å². The summed E-state index contributed by atoms with van der Waals surface area (Å²) in [5.74, 6) is -2.77. The van der Waals surface area contributed by atoms with E-state index in [9.17, 15) is 13.2 Å². The zero-order chi connectivity index (χ0) is 20.1. The van der Waals surface area contributed by atoms with Crippen molar-refractivity contribution in [3.8, 4) is 16.9 Å². The number of benzene rings is 2. The predicted molar refractivity (Wildman–Crippen MR) is 101 cm³/mol. The molecule has 6 heteroatoms. The van der Waals surface area contributed by atoms with Gasteiger partial charge in [0.1, 0.15) is 5.82 Å². The van der Waals surface area contributed by atoms with Crippen LogP contribution in [0, 0.1) is 17.5 Å². The maximum Gasteiger partial charge on any atom is 0.201 e. The largest absolute Gasteiger partial charge is 0.490 e. The van der Waals surface area contributed by atoms with Crippen LogP contribution in [0.15, 0.2) is 30.3 Å². The van der Waals surface area contributed by atoms with E-state index in [0.29, 0.717) is 38.2 Å². The molecular formula is C22H25F3O3. The molecule has 2 aromatic carbocycles. The molecule has 3 rings (SSSR count). The Bertz CT molecular complexity index is 802. The van der Waals surface area contributed by atoms with Gasteiger partial charge >= 0.3 is 0 Å². The smallest absolute Gasteiger partial charge is 0.201 e. The standard InChI is InChI=1S/C22H25F3O3/c1-3-11-27-19-9-8-17(21(24)22(19)25)14-5-7-16(18(23)12-14)15-6-10-20(26-4-2)28-13-15/h5,7-9,12,15,20H,3-4,6,10-11,13H2,1-2H3. The van der Waals surface area contributed by atoms with E-state index < -0.39 is 17.5 Å². The van der Waals surface area contributed by atoms with Gasteiger partial charge in [-0.3, -0.25) is 0 Å². The zero-order valence-electron chi connectivity index (χ0n) is 16.1. The molecule has 0 amide bonds. The van der Waals surface area contributed by atoms with Crippen molar-refractivity contribution in [1.29, 1.82) is 0 Å². The normalized spacial score (nSPS) is 19.6. The van der Waals surface area contributed by atoms with E-state index in [1.165, 1.54) is 18.2 Å². The molecule has 3 nitrogen and oxygen atoms in total. The number of halogens is 3. The van der Waals surface area contributed by atoms with Crippen molar-refractivity contribution in [3.05, 3.63) is 53.3 Å². The molecule has 1 fully saturated rings. The fraction of sp³-hybridized carbons (Fsp3) is 0.455. The average Bonchev–Trinajstić information content (AvgIpc) is 2.70. The number of rotatable bonds is 7. The molecule has 152 valence electrons. The van der Waals surface area contributed by atoms with Gasteiger partial charge in [-0.2, -0.15) is 4.39 Å². The van der Waals surface area contributed by atoms with Gasteiger partial charge in [0.05, 0.1) is 13.2 Å². The van der Waals surface area contributed by atoms with Gasteiger partial charge in [0.2, 0.25) is 5.82 Å². The number of ether oxygens (including phenoxy) is 3. The van der Waals surface area contributed by atoms with Crippen LogP contribution in [0.5, 0.6) is 5.75 Å². The molecule has 2 aromatic rings. The van der Waals surface area contributed by atoms with Crippen LogP contribution in [0.25, 0.3) is 11.1 Å². The molecular weight excluding hydrogens is 369 g/mol. The predicted octanol–water partition coefficient (Wildman–Crippen LogP) is 5.82. The van der Waals surface area contributed by atoms with E-state index >= 15 is 0 Å². The monoisotopic (exact) mass is 394 g/mol. The van der Waals surface area contributed by atoms with E-state index in [2.05, 4.69) is 0 Å². The Morgan fingerprint density at radius 2 is 1.86 bits per heavy atom. The van der Waals surface area contributed by atoms with E-state index in [0.717, 1.165) is 6.42 Å². The van der Waals surface area contributed by atoms with Gasteiger partial charge in [0.25, 0.3) is 0 Å². The third kappa shape index (κ3) is 4.50. The van der Waals surface area contributed by atoms with E-state index in [1.54, 1.807) is 12.1 Å². The van der Waals surface area contributed by atoms with Crippen LogP contribution < -0.4 is 4.74 Å². The van der Waals surface area contributed by atoms with Crippen molar-refractivity contribution in [1.82, 2.24) is 0 Å². The van der Waals surface area contributed by atoms with E-state index in [-0.39, 0.29) is 29.1 Å². The highest BCUT2D eigenvalue weighted by molar-refractivity contribution is 5.66. The highest BCUT2D eigenvalue weighted by Crippen LogP contribution is 2.34. The molecule has 0 radical (unpaired) electrons. The van der Waals surface area contributed by atoms with Crippen molar-refractivity contribution < 1.29 is 27.4 Å². The molecule has 2 unspecified atom stereocenters. The van der Waals surface area contributed by atoms with Crippen LogP contribution in [-0.2, 0) is 9.47 Å². The lowest BCUT2D eigenvalue weighted by molar-refractivity contribution is -0.164. The Morgan fingerprint density at radius 1 is 1.04 bits per heavy atom. The lowest BCUT2D eigenvalue weighted by Crippen LogP contribution is -2.27. The van der Waals surface area contributed by atoms with Crippen LogP contribution in [-0.4, -0.2) is 26.1 Å². The lowest BCUT2D eigenvalue weighted by Gasteiger charge is -2.29. The number of hydrogen-bond donors (Lipinski definition) is 0. The summed E-state index contributed by atoms with van der Waals surface area (Å²) >= 11 is 0. The number of hydrogen-bond acceptors (Lipinski definition) is 3. The lowest BCUT2D eigenvalue weighted by atomic mass is 9.91. The molecule has 0 aromatic heterocycles. The summed E-state index contributed by atoms with van der Waals surface area (Å²) in [4.78, 5) is 0. The SMILES string of the molecule is CCCOc1ccc(-c2ccc(C3CCC(OCC)OC3)c(F)c2)c(F)c1F. The molecule has 1 aliphatic rings. The third-order valence-electron chi connectivity index (χ3n) is 4.85. The molecule has 2 atom stereocenters. The zero-order valence-corrected chi connectivity index (χ0v) is 16.1. The summed E-state index contributed by atoms with van der Waals surface area (Å²) in [6.45, 7) is 5.02. The minimum absolute atomic E-state index is 0.00287. The summed E-state index contributed by atoms with van der Waals surface area (Å²) in [6, 6.07) is 7.26. The van der Waals surface area contributed by atoms with Crippen LogP contribution in [0.3, 0.4) is 0 Å². The first-order chi connectivity index (χ1) is 13.5. The minimum Gasteiger partial charge on any atom is -0.490 e. The van der Waals surface area contributed by atoms with Crippen LogP contribution in [0.2, 0.25) is 0 Å². The van der Waals surface area contributed by atoms with Gasteiger partial charge in [-0.25, -0.2) is 8.78 Å². The quantitative estimate of drug-likeness (QED) is 0.593. The highest BCUT2D eigenvalue weighted by Gasteiger charge is 2.25. The average molecular weight is 394 g/mol. The fourth-order valence-electron chi connectivity index (χ4n) is 3.39. The first-order valence-corrected chi connectivity index (χ1v) is 9.68. The molecule has 1 heterocycles. The molecule has 0 spiro atoms. The van der Waals surface area contributed by atoms with Crippen molar-refractivity contribution in [3.63, 3.8) is 0 Å². The molecule has 0 bridgehead atoms. The Balaban J connectivity index is 1.78. The fourth-order valence-corrected chi connectivity index (χ4v) is 3.39. The summed E-state index contributed by atoms with van der Waals surface area (Å²) in [5.41, 5.74) is 0.800. The van der Waals surface area contributed by atoms with Crippen molar-refractivity contribution in [2.45, 2.75) is 45.3 Å². The highest BCUT2D eigenvalue weighted by atomic mass is 19.2. The van der Waals surface area contributed by atoms with Gasteiger partial charge in [-0.05, 0) is 55.5 Å². The summed E-state index contributed by atoms with van der Waals surface area (Å²) < 4.78 is 59.6. The maximum absolute atomic E-state index is 14.7. The molecule has 0 saturated carbocycles. The summed E-state index contributed by atoms with van der Waals surface area (Å²) in [6.07, 6.45) is 1.88. The molecule has 0 aliphatic carbocycles. The topological polar surface area (TPSA) is 27.7 Å². The molecule has 1 aliphatic heterocycles. The van der Waals surface area contributed by atoms with Gasteiger partial charge in [-0.15, -0.1) is 0 Å². The Labute approximate surface area is 163 Å². The van der Waals surface area contributed by atoms with Gasteiger partial charge in [-0.1, -0.05) is 19.1 Å². The van der Waals surface area contributed by atoms with Gasteiger partial charge in [0.15, 0.2) is 17.9 Å². The summed E-state index contributed by atoms with van der Waals surface area (Å²) in [7, 11) is 0. The Kier molecular flexibility index (Phi) is 6.97. The third-order valence-corrected chi connectivity index (χ3v) is 4.85. The molecule has 28 heavy (non-hydrogen) atoms. The second-order valence-electron chi connectivity index (χ2n) is 6.82. The van der Waals surface area contributed by atoms with Crippen LogP contribution in [0.1, 0.15) is 44.6 Å². The first kappa shape index (κ1) is 20.7. The Hall–Kier alpha value is -2.05.